The van der Waals surface area contributed by atoms with Gasteiger partial charge in [-0.05, 0) is 36.2 Å². The van der Waals surface area contributed by atoms with E-state index in [0.717, 1.165) is 17.9 Å². The van der Waals surface area contributed by atoms with Gasteiger partial charge in [0.15, 0.2) is 0 Å². The Balaban J connectivity index is 2.46. The highest BCUT2D eigenvalue weighted by Crippen LogP contribution is 2.18. The average Bonchev–Trinajstić information content (AvgIpc) is 2.27. The lowest BCUT2D eigenvalue weighted by atomic mass is 10.0. The Morgan fingerprint density at radius 3 is 2.44 bits per heavy atom. The van der Waals surface area contributed by atoms with Gasteiger partial charge in [-0.2, -0.15) is 0 Å². The number of likely N-dealkylation sites (N-methyl/N-ethyl adjacent to an activating group) is 1. The summed E-state index contributed by atoms with van der Waals surface area (Å²) in [6.45, 7) is 9.66. The topological polar surface area (TPSA) is 21.3 Å². The normalized spacial score (nSPS) is 10.5. The molecule has 2 heteroatoms. The highest BCUT2D eigenvalue weighted by Gasteiger charge is 2.00. The summed E-state index contributed by atoms with van der Waals surface area (Å²) in [4.78, 5) is 0. The molecule has 0 amide bonds. The number of ether oxygens (including phenoxy) is 1. The zero-order valence-corrected chi connectivity index (χ0v) is 10.4. The van der Waals surface area contributed by atoms with Crippen LogP contribution in [0.2, 0.25) is 0 Å². The van der Waals surface area contributed by atoms with Crippen LogP contribution in [0.1, 0.15) is 25.3 Å². The van der Waals surface area contributed by atoms with Crippen molar-refractivity contribution in [2.75, 3.05) is 20.2 Å². The fraction of sp³-hybridized carbons (Fsp3) is 0.429. The van der Waals surface area contributed by atoms with Crippen molar-refractivity contribution in [2.24, 2.45) is 0 Å². The molecule has 1 aromatic rings. The highest BCUT2D eigenvalue weighted by atomic mass is 16.5. The van der Waals surface area contributed by atoms with Gasteiger partial charge in [0, 0.05) is 6.54 Å². The summed E-state index contributed by atoms with van der Waals surface area (Å²) in [5.74, 6) is 1.47. The third-order valence-corrected chi connectivity index (χ3v) is 2.42. The Kier molecular flexibility index (Phi) is 5.06. The lowest BCUT2D eigenvalue weighted by molar-refractivity contribution is 0.349. The first-order valence-corrected chi connectivity index (χ1v) is 5.67. The molecule has 0 fully saturated rings. The quantitative estimate of drug-likeness (QED) is 0.743. The molecule has 2 nitrogen and oxygen atoms in total. The van der Waals surface area contributed by atoms with Crippen molar-refractivity contribution in [3.8, 4) is 5.75 Å². The van der Waals surface area contributed by atoms with E-state index in [4.69, 9.17) is 4.74 Å². The molecule has 0 aliphatic heterocycles. The molecular weight excluding hydrogens is 198 g/mol. The molecule has 0 saturated heterocycles. The number of hydrogen-bond donors (Lipinski definition) is 1. The third-order valence-electron chi connectivity index (χ3n) is 2.42. The van der Waals surface area contributed by atoms with Crippen molar-refractivity contribution in [1.82, 2.24) is 5.32 Å². The van der Waals surface area contributed by atoms with Crippen LogP contribution in [-0.2, 0) is 0 Å². The van der Waals surface area contributed by atoms with E-state index in [-0.39, 0.29) is 0 Å². The maximum absolute atomic E-state index is 5.62. The molecule has 0 heterocycles. The van der Waals surface area contributed by atoms with Crippen LogP contribution >= 0.6 is 0 Å². The predicted molar refractivity (Wildman–Crippen MR) is 69.1 cm³/mol. The summed E-state index contributed by atoms with van der Waals surface area (Å²) in [5, 5.41) is 3.05. The molecule has 1 aromatic carbocycles. The second-order valence-electron chi connectivity index (χ2n) is 4.29. The monoisotopic (exact) mass is 219 g/mol. The fourth-order valence-electron chi connectivity index (χ4n) is 1.44. The Hall–Kier alpha value is -1.28. The van der Waals surface area contributed by atoms with Crippen molar-refractivity contribution >= 4 is 0 Å². The van der Waals surface area contributed by atoms with Gasteiger partial charge in [0.1, 0.15) is 12.4 Å². The zero-order valence-electron chi connectivity index (χ0n) is 10.4. The van der Waals surface area contributed by atoms with Gasteiger partial charge >= 0.3 is 0 Å². The molecule has 0 atom stereocenters. The molecule has 88 valence electrons. The second kappa shape index (κ2) is 6.33. The van der Waals surface area contributed by atoms with E-state index in [1.54, 1.807) is 0 Å². The van der Waals surface area contributed by atoms with E-state index in [1.807, 2.05) is 19.2 Å². The molecule has 16 heavy (non-hydrogen) atoms. The minimum Gasteiger partial charge on any atom is -0.489 e. The Bertz CT molecular complexity index is 327. The fourth-order valence-corrected chi connectivity index (χ4v) is 1.44. The smallest absolute Gasteiger partial charge is 0.119 e. The lowest BCUT2D eigenvalue weighted by Gasteiger charge is -2.10. The average molecular weight is 219 g/mol. The van der Waals surface area contributed by atoms with Crippen LogP contribution in [-0.4, -0.2) is 20.2 Å². The van der Waals surface area contributed by atoms with E-state index in [2.05, 4.69) is 37.9 Å². The second-order valence-corrected chi connectivity index (χ2v) is 4.29. The Labute approximate surface area is 98.3 Å². The van der Waals surface area contributed by atoms with Crippen molar-refractivity contribution in [2.45, 2.75) is 19.8 Å². The van der Waals surface area contributed by atoms with Gasteiger partial charge < -0.3 is 10.1 Å². The van der Waals surface area contributed by atoms with Crippen LogP contribution in [0.15, 0.2) is 36.4 Å². The molecule has 0 aromatic heterocycles. The molecule has 0 aliphatic rings. The van der Waals surface area contributed by atoms with E-state index in [9.17, 15) is 0 Å². The lowest BCUT2D eigenvalue weighted by Crippen LogP contribution is -2.14. The first kappa shape index (κ1) is 12.8. The molecular formula is C14H21NO. The first-order valence-electron chi connectivity index (χ1n) is 5.67. The van der Waals surface area contributed by atoms with E-state index < -0.39 is 0 Å². The molecule has 0 aliphatic carbocycles. The van der Waals surface area contributed by atoms with Gasteiger partial charge in [-0.25, -0.2) is 0 Å². The van der Waals surface area contributed by atoms with E-state index in [0.29, 0.717) is 12.5 Å². The number of nitrogens with one attached hydrogen (secondary N) is 1. The van der Waals surface area contributed by atoms with Gasteiger partial charge in [-0.1, -0.05) is 32.6 Å². The molecule has 0 radical (unpaired) electrons. The third kappa shape index (κ3) is 4.07. The van der Waals surface area contributed by atoms with Crippen LogP contribution in [0.3, 0.4) is 0 Å². The molecule has 1 rings (SSSR count). The minimum atomic E-state index is 0.563. The van der Waals surface area contributed by atoms with Crippen LogP contribution in [0.5, 0.6) is 5.75 Å². The molecule has 0 spiro atoms. The van der Waals surface area contributed by atoms with Crippen LogP contribution in [0.4, 0.5) is 0 Å². The van der Waals surface area contributed by atoms with Crippen molar-refractivity contribution in [3.05, 3.63) is 42.0 Å². The molecule has 1 N–H and O–H groups in total. The SMILES string of the molecule is C=C(CNC)COc1ccc(C(C)C)cc1. The van der Waals surface area contributed by atoms with Crippen LogP contribution in [0.25, 0.3) is 0 Å². The summed E-state index contributed by atoms with van der Waals surface area (Å²) in [7, 11) is 1.91. The van der Waals surface area contributed by atoms with Crippen LogP contribution in [0, 0.1) is 0 Å². The van der Waals surface area contributed by atoms with Gasteiger partial charge in [-0.3, -0.25) is 0 Å². The van der Waals surface area contributed by atoms with Crippen LogP contribution < -0.4 is 10.1 Å². The first-order chi connectivity index (χ1) is 7.63. The largest absolute Gasteiger partial charge is 0.489 e. The van der Waals surface area contributed by atoms with E-state index in [1.165, 1.54) is 5.56 Å². The Morgan fingerprint density at radius 1 is 1.31 bits per heavy atom. The number of benzene rings is 1. The molecule has 0 bridgehead atoms. The zero-order chi connectivity index (χ0) is 12.0. The number of hydrogen-bond acceptors (Lipinski definition) is 2. The van der Waals surface area contributed by atoms with Gasteiger partial charge in [0.2, 0.25) is 0 Å². The van der Waals surface area contributed by atoms with Crippen molar-refractivity contribution in [3.63, 3.8) is 0 Å². The Morgan fingerprint density at radius 2 is 1.94 bits per heavy atom. The summed E-state index contributed by atoms with van der Waals surface area (Å²) < 4.78 is 5.62. The summed E-state index contributed by atoms with van der Waals surface area (Å²) in [6, 6.07) is 8.26. The predicted octanol–water partition coefficient (Wildman–Crippen LogP) is 2.96. The maximum Gasteiger partial charge on any atom is 0.119 e. The van der Waals surface area contributed by atoms with Gasteiger partial charge in [-0.15, -0.1) is 0 Å². The maximum atomic E-state index is 5.62. The summed E-state index contributed by atoms with van der Waals surface area (Å²) in [5.41, 5.74) is 2.39. The van der Waals surface area contributed by atoms with Gasteiger partial charge in [0.05, 0.1) is 0 Å². The highest BCUT2D eigenvalue weighted by molar-refractivity contribution is 5.29. The minimum absolute atomic E-state index is 0.563. The van der Waals surface area contributed by atoms with E-state index >= 15 is 0 Å². The summed E-state index contributed by atoms with van der Waals surface area (Å²) in [6.07, 6.45) is 0. The van der Waals surface area contributed by atoms with Gasteiger partial charge in [0.25, 0.3) is 0 Å². The molecule has 0 saturated carbocycles. The standard InChI is InChI=1S/C14H21NO/c1-11(2)13-5-7-14(8-6-13)16-10-12(3)9-15-4/h5-8,11,15H,3,9-10H2,1-2,4H3. The number of rotatable bonds is 6. The van der Waals surface area contributed by atoms with Crippen molar-refractivity contribution < 1.29 is 4.74 Å². The van der Waals surface area contributed by atoms with Crippen molar-refractivity contribution in [1.29, 1.82) is 0 Å². The molecule has 0 unspecified atom stereocenters. The summed E-state index contributed by atoms with van der Waals surface area (Å²) >= 11 is 0.